The van der Waals surface area contributed by atoms with Crippen molar-refractivity contribution < 1.29 is 14.6 Å². The van der Waals surface area contributed by atoms with E-state index in [2.05, 4.69) is 57.1 Å². The minimum absolute atomic E-state index is 0.153. The number of ether oxygens (including phenoxy) is 1. The number of unbranched alkanes of at least 4 members (excludes halogenated alkanes) is 10. The number of hydrogen-bond acceptors (Lipinski definition) is 4. The molecule has 0 spiro atoms. The predicted molar refractivity (Wildman–Crippen MR) is 147 cm³/mol. The van der Waals surface area contributed by atoms with Gasteiger partial charge in [-0.3, -0.25) is 4.79 Å². The smallest absolute Gasteiger partial charge is 0.306 e. The fourth-order valence-corrected chi connectivity index (χ4v) is 4.00. The topological polar surface area (TPSA) is 49.8 Å². The monoisotopic (exact) mass is 479 g/mol. The molecule has 0 heterocycles. The van der Waals surface area contributed by atoms with Gasteiger partial charge >= 0.3 is 5.97 Å². The first kappa shape index (κ1) is 32.9. The summed E-state index contributed by atoms with van der Waals surface area (Å²) >= 11 is 0. The Balaban J connectivity index is 4.39. The number of allylic oxidation sites excluding steroid dienone is 4. The lowest BCUT2D eigenvalue weighted by Crippen LogP contribution is -2.31. The van der Waals surface area contributed by atoms with Crippen LogP contribution >= 0.6 is 0 Å². The van der Waals surface area contributed by atoms with Crippen LogP contribution in [0.25, 0.3) is 0 Å². The van der Waals surface area contributed by atoms with Crippen molar-refractivity contribution >= 4 is 5.97 Å². The summed E-state index contributed by atoms with van der Waals surface area (Å²) in [5.74, 6) is -0.153. The summed E-state index contributed by atoms with van der Waals surface area (Å²) in [5.41, 5.74) is 0. The van der Waals surface area contributed by atoms with E-state index >= 15 is 0 Å². The normalized spacial score (nSPS) is 13.8. The van der Waals surface area contributed by atoms with E-state index in [0.29, 0.717) is 12.8 Å². The molecule has 0 aliphatic rings. The van der Waals surface area contributed by atoms with Gasteiger partial charge in [0.2, 0.25) is 0 Å². The first-order valence-electron chi connectivity index (χ1n) is 14.3. The number of esters is 1. The highest BCUT2D eigenvalue weighted by atomic mass is 16.6. The molecule has 0 amide bonds. The van der Waals surface area contributed by atoms with Crippen molar-refractivity contribution in [1.29, 1.82) is 0 Å². The lowest BCUT2D eigenvalue weighted by atomic mass is 10.0. The average Bonchev–Trinajstić information content (AvgIpc) is 2.81. The molecule has 0 saturated heterocycles. The zero-order chi connectivity index (χ0) is 25.3. The van der Waals surface area contributed by atoms with Crippen molar-refractivity contribution in [3.63, 3.8) is 0 Å². The lowest BCUT2D eigenvalue weighted by Gasteiger charge is -2.23. The largest absolute Gasteiger partial charge is 0.460 e. The van der Waals surface area contributed by atoms with Gasteiger partial charge in [0.25, 0.3) is 0 Å². The van der Waals surface area contributed by atoms with Crippen LogP contribution in [-0.4, -0.2) is 48.8 Å². The first-order chi connectivity index (χ1) is 16.5. The summed E-state index contributed by atoms with van der Waals surface area (Å²) in [5, 5.41) is 10.8. The molecule has 4 nitrogen and oxygen atoms in total. The quantitative estimate of drug-likeness (QED) is 0.0865. The van der Waals surface area contributed by atoms with Crippen molar-refractivity contribution in [2.45, 2.75) is 142 Å². The standard InChI is InChI=1S/C30H57NO3/c1-5-7-9-11-13-15-17-20-24-28(32)29(25-21-18-16-14-12-10-8-6-2)34-30(33)26-22-19-23-27-31(3)4/h13-16,28-29,32H,5-12,17-27H2,1-4H3. The second-order valence-corrected chi connectivity index (χ2v) is 10.0. The molecule has 2 unspecified atom stereocenters. The van der Waals surface area contributed by atoms with Gasteiger partial charge < -0.3 is 14.7 Å². The Morgan fingerprint density at radius 3 is 1.79 bits per heavy atom. The van der Waals surface area contributed by atoms with Crippen molar-refractivity contribution in [2.24, 2.45) is 0 Å². The Hall–Kier alpha value is -1.13. The highest BCUT2D eigenvalue weighted by Crippen LogP contribution is 2.17. The molecular formula is C30H57NO3. The number of rotatable bonds is 24. The Morgan fingerprint density at radius 2 is 1.26 bits per heavy atom. The van der Waals surface area contributed by atoms with Gasteiger partial charge in [0.1, 0.15) is 6.10 Å². The summed E-state index contributed by atoms with van der Waals surface area (Å²) in [6.07, 6.45) is 26.7. The number of nitrogens with zero attached hydrogens (tertiary/aromatic N) is 1. The number of hydrogen-bond donors (Lipinski definition) is 1. The fraction of sp³-hybridized carbons (Fsp3) is 0.833. The Labute approximate surface area is 212 Å². The third-order valence-electron chi connectivity index (χ3n) is 6.21. The zero-order valence-corrected chi connectivity index (χ0v) is 23.1. The van der Waals surface area contributed by atoms with Crippen LogP contribution in [0.1, 0.15) is 129 Å². The molecule has 4 heteroatoms. The van der Waals surface area contributed by atoms with E-state index in [0.717, 1.165) is 70.8 Å². The van der Waals surface area contributed by atoms with Gasteiger partial charge in [-0.1, -0.05) is 70.3 Å². The summed E-state index contributed by atoms with van der Waals surface area (Å²) in [4.78, 5) is 14.6. The summed E-state index contributed by atoms with van der Waals surface area (Å²) in [6.45, 7) is 5.50. The van der Waals surface area contributed by atoms with Crippen LogP contribution in [0.2, 0.25) is 0 Å². The van der Waals surface area contributed by atoms with Crippen molar-refractivity contribution in [2.75, 3.05) is 20.6 Å². The zero-order valence-electron chi connectivity index (χ0n) is 23.1. The van der Waals surface area contributed by atoms with Crippen LogP contribution in [-0.2, 0) is 9.53 Å². The van der Waals surface area contributed by atoms with E-state index < -0.39 is 6.10 Å². The van der Waals surface area contributed by atoms with E-state index in [1.807, 2.05) is 0 Å². The Bertz CT molecular complexity index is 501. The van der Waals surface area contributed by atoms with Crippen LogP contribution in [0.15, 0.2) is 24.3 Å². The summed E-state index contributed by atoms with van der Waals surface area (Å²) in [7, 11) is 4.14. The van der Waals surface area contributed by atoms with E-state index in [9.17, 15) is 9.90 Å². The molecule has 0 aromatic rings. The molecule has 1 N–H and O–H groups in total. The maximum atomic E-state index is 12.4. The van der Waals surface area contributed by atoms with Crippen molar-refractivity contribution in [3.8, 4) is 0 Å². The molecule has 34 heavy (non-hydrogen) atoms. The van der Waals surface area contributed by atoms with Gasteiger partial charge in [0.15, 0.2) is 0 Å². The van der Waals surface area contributed by atoms with Gasteiger partial charge in [0.05, 0.1) is 6.10 Å². The van der Waals surface area contributed by atoms with E-state index in [4.69, 9.17) is 4.74 Å². The molecule has 0 radical (unpaired) electrons. The van der Waals surface area contributed by atoms with E-state index in [1.54, 1.807) is 0 Å². The molecule has 0 saturated carbocycles. The minimum atomic E-state index is -0.570. The molecule has 0 aliphatic heterocycles. The summed E-state index contributed by atoms with van der Waals surface area (Å²) in [6, 6.07) is 0. The van der Waals surface area contributed by atoms with Gasteiger partial charge in [-0.25, -0.2) is 0 Å². The van der Waals surface area contributed by atoms with Gasteiger partial charge in [-0.15, -0.1) is 0 Å². The van der Waals surface area contributed by atoms with Crippen LogP contribution in [0.5, 0.6) is 0 Å². The molecule has 0 bridgehead atoms. The second kappa shape index (κ2) is 25.0. The Morgan fingerprint density at radius 1 is 0.735 bits per heavy atom. The SMILES string of the molecule is CCCCCC=CCCCC(O)C(CCCC=CCCCCC)OC(=O)CCCCCN(C)C. The molecule has 200 valence electrons. The third-order valence-corrected chi connectivity index (χ3v) is 6.21. The molecule has 0 aromatic carbocycles. The van der Waals surface area contributed by atoms with Crippen molar-refractivity contribution in [1.82, 2.24) is 4.90 Å². The molecule has 2 atom stereocenters. The Kier molecular flexibility index (Phi) is 24.1. The average molecular weight is 480 g/mol. The van der Waals surface area contributed by atoms with Gasteiger partial charge in [-0.2, -0.15) is 0 Å². The first-order valence-corrected chi connectivity index (χ1v) is 14.3. The number of carbonyl (C=O) groups excluding carboxylic acids is 1. The lowest BCUT2D eigenvalue weighted by molar-refractivity contribution is -0.156. The number of aliphatic hydroxyl groups excluding tert-OH is 1. The highest BCUT2D eigenvalue weighted by Gasteiger charge is 2.22. The van der Waals surface area contributed by atoms with Crippen LogP contribution in [0.3, 0.4) is 0 Å². The second-order valence-electron chi connectivity index (χ2n) is 10.0. The maximum Gasteiger partial charge on any atom is 0.306 e. The molecule has 0 aliphatic carbocycles. The predicted octanol–water partition coefficient (Wildman–Crippen LogP) is 7.99. The van der Waals surface area contributed by atoms with Crippen LogP contribution < -0.4 is 0 Å². The van der Waals surface area contributed by atoms with E-state index in [1.165, 1.54) is 38.5 Å². The van der Waals surface area contributed by atoms with Crippen LogP contribution in [0, 0.1) is 0 Å². The van der Waals surface area contributed by atoms with E-state index in [-0.39, 0.29) is 12.1 Å². The highest BCUT2D eigenvalue weighted by molar-refractivity contribution is 5.69. The maximum absolute atomic E-state index is 12.4. The van der Waals surface area contributed by atoms with Crippen LogP contribution in [0.4, 0.5) is 0 Å². The molecule has 0 rings (SSSR count). The fourth-order valence-electron chi connectivity index (χ4n) is 4.00. The molecular weight excluding hydrogens is 422 g/mol. The van der Waals surface area contributed by atoms with Gasteiger partial charge in [-0.05, 0) is 97.7 Å². The third kappa shape index (κ3) is 22.7. The number of aliphatic hydroxyl groups is 1. The van der Waals surface area contributed by atoms with Crippen molar-refractivity contribution in [3.05, 3.63) is 24.3 Å². The summed E-state index contributed by atoms with van der Waals surface area (Å²) < 4.78 is 5.78. The number of carbonyl (C=O) groups is 1. The van der Waals surface area contributed by atoms with Gasteiger partial charge in [0, 0.05) is 6.42 Å². The molecule has 0 fully saturated rings. The minimum Gasteiger partial charge on any atom is -0.460 e. The molecule has 0 aromatic heterocycles.